The van der Waals surface area contributed by atoms with Crippen LogP contribution in [0.3, 0.4) is 0 Å². The third kappa shape index (κ3) is 1.66. The average Bonchev–Trinajstić information content (AvgIpc) is 2.26. The minimum absolute atomic E-state index is 0.0540. The van der Waals surface area contributed by atoms with E-state index in [1.807, 2.05) is 19.1 Å². The number of aliphatic hydroxyl groups is 1. The Labute approximate surface area is 87.6 Å². The van der Waals surface area contributed by atoms with E-state index < -0.39 is 0 Å². The van der Waals surface area contributed by atoms with Crippen LogP contribution in [0.1, 0.15) is 18.9 Å². The SMILES string of the molecule is CCC1=C(O)c2cccc(c2)NNC1=O. The molecule has 3 N–H and O–H groups in total. The first-order chi connectivity index (χ1) is 7.22. The minimum atomic E-state index is -0.290. The first-order valence-corrected chi connectivity index (χ1v) is 4.81. The number of fused-ring (bicyclic) bond motifs is 2. The van der Waals surface area contributed by atoms with Crippen molar-refractivity contribution >= 4 is 17.4 Å². The van der Waals surface area contributed by atoms with Gasteiger partial charge in [-0.05, 0) is 18.6 Å². The number of amides is 1. The summed E-state index contributed by atoms with van der Waals surface area (Å²) in [6, 6.07) is 7.19. The zero-order valence-electron chi connectivity index (χ0n) is 8.37. The molecule has 1 aliphatic rings. The first kappa shape index (κ1) is 9.58. The van der Waals surface area contributed by atoms with Gasteiger partial charge in [-0.2, -0.15) is 0 Å². The summed E-state index contributed by atoms with van der Waals surface area (Å²) in [5, 5.41) is 9.90. The lowest BCUT2D eigenvalue weighted by Gasteiger charge is -2.16. The second-order valence-corrected chi connectivity index (χ2v) is 3.34. The molecule has 0 unspecified atom stereocenters. The fraction of sp³-hybridized carbons (Fsp3) is 0.182. The van der Waals surface area contributed by atoms with E-state index in [0.717, 1.165) is 5.69 Å². The molecule has 1 amide bonds. The summed E-state index contributed by atoms with van der Waals surface area (Å²) in [6.07, 6.45) is 0.490. The second kappa shape index (κ2) is 3.65. The van der Waals surface area contributed by atoms with Gasteiger partial charge in [-0.15, -0.1) is 0 Å². The van der Waals surface area contributed by atoms with Crippen molar-refractivity contribution in [3.8, 4) is 0 Å². The molecule has 1 aromatic carbocycles. The maximum Gasteiger partial charge on any atom is 0.269 e. The maximum atomic E-state index is 11.6. The molecule has 1 heterocycles. The van der Waals surface area contributed by atoms with Gasteiger partial charge in [0.15, 0.2) is 0 Å². The van der Waals surface area contributed by atoms with E-state index in [2.05, 4.69) is 10.9 Å². The molecule has 1 aliphatic heterocycles. The number of rotatable bonds is 1. The third-order valence-electron chi connectivity index (χ3n) is 2.37. The van der Waals surface area contributed by atoms with Crippen LogP contribution in [0.4, 0.5) is 5.69 Å². The van der Waals surface area contributed by atoms with Crippen LogP contribution in [-0.2, 0) is 4.79 Å². The van der Waals surface area contributed by atoms with Gasteiger partial charge in [-0.1, -0.05) is 19.1 Å². The molecule has 0 saturated carbocycles. The number of aliphatic hydroxyl groups excluding tert-OH is 1. The smallest absolute Gasteiger partial charge is 0.269 e. The summed E-state index contributed by atoms with van der Waals surface area (Å²) in [5.41, 5.74) is 7.09. The molecule has 1 aromatic rings. The van der Waals surface area contributed by atoms with Gasteiger partial charge in [0.05, 0.1) is 11.3 Å². The van der Waals surface area contributed by atoms with Crippen molar-refractivity contribution < 1.29 is 9.90 Å². The second-order valence-electron chi connectivity index (χ2n) is 3.34. The lowest BCUT2D eigenvalue weighted by Crippen LogP contribution is -2.32. The Bertz CT molecular complexity index is 438. The van der Waals surface area contributed by atoms with Crippen molar-refractivity contribution in [1.29, 1.82) is 0 Å². The summed E-state index contributed by atoms with van der Waals surface area (Å²) in [5.74, 6) is -0.236. The minimum Gasteiger partial charge on any atom is -0.507 e. The number of carbonyl (C=O) groups is 1. The zero-order chi connectivity index (χ0) is 10.8. The Kier molecular flexibility index (Phi) is 2.33. The van der Waals surface area contributed by atoms with Crippen LogP contribution >= 0.6 is 0 Å². The Morgan fingerprint density at radius 1 is 1.33 bits per heavy atom. The molecule has 0 atom stereocenters. The number of nitrogens with one attached hydrogen (secondary N) is 2. The van der Waals surface area contributed by atoms with E-state index in [4.69, 9.17) is 0 Å². The Balaban J connectivity index is 2.58. The Morgan fingerprint density at radius 2 is 2.13 bits per heavy atom. The van der Waals surface area contributed by atoms with Gasteiger partial charge in [0, 0.05) is 5.56 Å². The molecule has 0 radical (unpaired) electrons. The molecule has 0 spiro atoms. The number of anilines is 1. The van der Waals surface area contributed by atoms with Crippen molar-refractivity contribution in [2.24, 2.45) is 0 Å². The van der Waals surface area contributed by atoms with E-state index in [1.165, 1.54) is 0 Å². The van der Waals surface area contributed by atoms with E-state index >= 15 is 0 Å². The average molecular weight is 204 g/mol. The molecule has 78 valence electrons. The molecule has 4 heteroatoms. The highest BCUT2D eigenvalue weighted by atomic mass is 16.3. The van der Waals surface area contributed by atoms with Crippen LogP contribution in [0, 0.1) is 0 Å². The van der Waals surface area contributed by atoms with Crippen molar-refractivity contribution in [3.63, 3.8) is 0 Å². The summed E-state index contributed by atoms with van der Waals surface area (Å²) >= 11 is 0. The van der Waals surface area contributed by atoms with E-state index in [-0.39, 0.29) is 11.7 Å². The number of hydrogen-bond acceptors (Lipinski definition) is 3. The highest BCUT2D eigenvalue weighted by Crippen LogP contribution is 2.22. The lowest BCUT2D eigenvalue weighted by atomic mass is 10.0. The Morgan fingerprint density at radius 3 is 2.87 bits per heavy atom. The van der Waals surface area contributed by atoms with Gasteiger partial charge < -0.3 is 5.11 Å². The van der Waals surface area contributed by atoms with Crippen molar-refractivity contribution in [1.82, 2.24) is 5.43 Å². The van der Waals surface area contributed by atoms with Gasteiger partial charge in [0.25, 0.3) is 5.91 Å². The normalized spacial score (nSPS) is 15.1. The monoisotopic (exact) mass is 204 g/mol. The lowest BCUT2D eigenvalue weighted by molar-refractivity contribution is -0.117. The molecule has 15 heavy (non-hydrogen) atoms. The molecule has 0 aromatic heterocycles. The number of benzene rings is 1. The van der Waals surface area contributed by atoms with Crippen molar-refractivity contribution in [3.05, 3.63) is 35.4 Å². The van der Waals surface area contributed by atoms with Crippen LogP contribution in [0.5, 0.6) is 0 Å². The van der Waals surface area contributed by atoms with E-state index in [1.54, 1.807) is 12.1 Å². The number of carbonyl (C=O) groups excluding carboxylic acids is 1. The molecule has 2 rings (SSSR count). The summed E-state index contributed by atoms with van der Waals surface area (Å²) < 4.78 is 0. The topological polar surface area (TPSA) is 61.4 Å². The van der Waals surface area contributed by atoms with Crippen LogP contribution in [0.15, 0.2) is 29.8 Å². The van der Waals surface area contributed by atoms with Gasteiger partial charge in [-0.3, -0.25) is 15.6 Å². The predicted molar refractivity (Wildman–Crippen MR) is 58.0 cm³/mol. The van der Waals surface area contributed by atoms with Gasteiger partial charge in [-0.25, -0.2) is 0 Å². The molecule has 2 bridgehead atoms. The van der Waals surface area contributed by atoms with Crippen LogP contribution in [-0.4, -0.2) is 11.0 Å². The van der Waals surface area contributed by atoms with Gasteiger partial charge in [0.2, 0.25) is 0 Å². The molecular weight excluding hydrogens is 192 g/mol. The highest BCUT2D eigenvalue weighted by molar-refractivity contribution is 6.00. The van der Waals surface area contributed by atoms with Crippen LogP contribution < -0.4 is 10.9 Å². The zero-order valence-corrected chi connectivity index (χ0v) is 8.37. The summed E-state index contributed by atoms with van der Waals surface area (Å²) in [4.78, 5) is 11.6. The highest BCUT2D eigenvalue weighted by Gasteiger charge is 2.17. The van der Waals surface area contributed by atoms with Gasteiger partial charge >= 0.3 is 0 Å². The molecule has 0 fully saturated rings. The molecule has 0 aliphatic carbocycles. The molecule has 4 nitrogen and oxygen atoms in total. The molecular formula is C11H12N2O2. The van der Waals surface area contributed by atoms with Crippen molar-refractivity contribution in [2.75, 3.05) is 5.43 Å². The number of hydrogen-bond donors (Lipinski definition) is 3. The van der Waals surface area contributed by atoms with E-state index in [0.29, 0.717) is 17.6 Å². The van der Waals surface area contributed by atoms with Crippen molar-refractivity contribution in [2.45, 2.75) is 13.3 Å². The van der Waals surface area contributed by atoms with Crippen LogP contribution in [0.25, 0.3) is 5.76 Å². The standard InChI is InChI=1S/C11H12N2O2/c1-2-9-10(14)7-4-3-5-8(6-7)12-13-11(9)15/h3-6,12,14H,2H2,1H3,(H,13,15). The maximum absolute atomic E-state index is 11.6. The third-order valence-corrected chi connectivity index (χ3v) is 2.37. The molecule has 0 saturated heterocycles. The summed E-state index contributed by atoms with van der Waals surface area (Å²) in [7, 11) is 0. The largest absolute Gasteiger partial charge is 0.507 e. The fourth-order valence-corrected chi connectivity index (χ4v) is 1.56. The van der Waals surface area contributed by atoms with E-state index in [9.17, 15) is 9.90 Å². The Hall–Kier alpha value is -1.97. The first-order valence-electron chi connectivity index (χ1n) is 4.81. The number of hydrazine groups is 1. The fourth-order valence-electron chi connectivity index (χ4n) is 1.56. The quantitative estimate of drug-likeness (QED) is 0.654. The predicted octanol–water partition coefficient (Wildman–Crippen LogP) is 1.82. The van der Waals surface area contributed by atoms with Gasteiger partial charge in [0.1, 0.15) is 5.76 Å². The van der Waals surface area contributed by atoms with Crippen LogP contribution in [0.2, 0.25) is 0 Å². The summed E-state index contributed by atoms with van der Waals surface area (Å²) in [6.45, 7) is 1.83.